The van der Waals surface area contributed by atoms with Crippen LogP contribution in [0.25, 0.3) is 11.1 Å². The zero-order valence-electron chi connectivity index (χ0n) is 13.0. The lowest BCUT2D eigenvalue weighted by atomic mass is 10.0. The van der Waals surface area contributed by atoms with Crippen molar-refractivity contribution in [3.05, 3.63) is 60.2 Å². The van der Waals surface area contributed by atoms with Gasteiger partial charge in [-0.15, -0.1) is 0 Å². The highest BCUT2D eigenvalue weighted by molar-refractivity contribution is 5.96. The second kappa shape index (κ2) is 6.68. The van der Waals surface area contributed by atoms with Gasteiger partial charge >= 0.3 is 0 Å². The van der Waals surface area contributed by atoms with Crippen LogP contribution < -0.4 is 5.32 Å². The molecule has 0 aliphatic rings. The van der Waals surface area contributed by atoms with Gasteiger partial charge in [-0.25, -0.2) is 0 Å². The van der Waals surface area contributed by atoms with E-state index in [-0.39, 0.29) is 11.3 Å². The minimum absolute atomic E-state index is 0.0530. The maximum absolute atomic E-state index is 12.1. The second-order valence-electron chi connectivity index (χ2n) is 6.29. The summed E-state index contributed by atoms with van der Waals surface area (Å²) in [5.74, 6) is 0.186. The first kappa shape index (κ1) is 15.5. The zero-order valence-corrected chi connectivity index (χ0v) is 13.0. The minimum atomic E-state index is 0.0530. The van der Waals surface area contributed by atoms with Crippen LogP contribution in [-0.2, 0) is 0 Å². The smallest absolute Gasteiger partial charge is 0.164 e. The van der Waals surface area contributed by atoms with Crippen LogP contribution in [0.1, 0.15) is 37.6 Å². The fourth-order valence-corrected chi connectivity index (χ4v) is 2.17. The first-order valence-electron chi connectivity index (χ1n) is 7.39. The lowest BCUT2D eigenvalue weighted by Gasteiger charge is -2.20. The number of hydrogen-bond donors (Lipinski definition) is 1. The lowest BCUT2D eigenvalue weighted by molar-refractivity contribution is 0.0980. The van der Waals surface area contributed by atoms with Gasteiger partial charge in [-0.2, -0.15) is 0 Å². The molecule has 2 nitrogen and oxygen atoms in total. The van der Waals surface area contributed by atoms with Gasteiger partial charge in [0.15, 0.2) is 5.78 Å². The average Bonchev–Trinajstić information content (AvgIpc) is 2.47. The summed E-state index contributed by atoms with van der Waals surface area (Å²) in [5.41, 5.74) is 3.15. The molecule has 2 aromatic rings. The van der Waals surface area contributed by atoms with Crippen LogP contribution in [0.15, 0.2) is 54.6 Å². The summed E-state index contributed by atoms with van der Waals surface area (Å²) in [4.78, 5) is 12.1. The first-order chi connectivity index (χ1) is 9.96. The molecule has 110 valence electrons. The van der Waals surface area contributed by atoms with Crippen molar-refractivity contribution in [2.75, 3.05) is 6.54 Å². The molecule has 0 atom stereocenters. The third-order valence-corrected chi connectivity index (χ3v) is 3.32. The quantitative estimate of drug-likeness (QED) is 0.827. The molecule has 21 heavy (non-hydrogen) atoms. The topological polar surface area (TPSA) is 29.1 Å². The Morgan fingerprint density at radius 2 is 1.48 bits per heavy atom. The van der Waals surface area contributed by atoms with Gasteiger partial charge in [-0.05, 0) is 31.9 Å². The molecule has 0 heterocycles. The molecule has 2 rings (SSSR count). The number of nitrogens with one attached hydrogen (secondary N) is 1. The third-order valence-electron chi connectivity index (χ3n) is 3.32. The van der Waals surface area contributed by atoms with Gasteiger partial charge in [-0.1, -0.05) is 54.6 Å². The van der Waals surface area contributed by atoms with Crippen LogP contribution in [-0.4, -0.2) is 17.9 Å². The SMILES string of the molecule is CC(C)(C)NCCC(=O)c1ccc(-c2ccccc2)cc1. The predicted octanol–water partition coefficient (Wildman–Crippen LogP) is 4.31. The van der Waals surface area contributed by atoms with Crippen molar-refractivity contribution in [3.8, 4) is 11.1 Å². The Morgan fingerprint density at radius 3 is 2.05 bits per heavy atom. The molecule has 0 bridgehead atoms. The van der Waals surface area contributed by atoms with E-state index in [1.807, 2.05) is 42.5 Å². The predicted molar refractivity (Wildman–Crippen MR) is 88.6 cm³/mol. The van der Waals surface area contributed by atoms with E-state index >= 15 is 0 Å². The highest BCUT2D eigenvalue weighted by Crippen LogP contribution is 2.19. The number of carbonyl (C=O) groups excluding carboxylic acids is 1. The van der Waals surface area contributed by atoms with E-state index in [1.165, 1.54) is 5.56 Å². The van der Waals surface area contributed by atoms with Crippen molar-refractivity contribution >= 4 is 5.78 Å². The van der Waals surface area contributed by atoms with E-state index in [0.717, 1.165) is 11.1 Å². The van der Waals surface area contributed by atoms with E-state index in [1.54, 1.807) is 0 Å². The first-order valence-corrected chi connectivity index (χ1v) is 7.39. The molecule has 0 radical (unpaired) electrons. The van der Waals surface area contributed by atoms with Crippen molar-refractivity contribution in [2.24, 2.45) is 0 Å². The molecule has 0 aliphatic carbocycles. The fourth-order valence-electron chi connectivity index (χ4n) is 2.17. The summed E-state index contributed by atoms with van der Waals surface area (Å²) in [6.07, 6.45) is 0.530. The molecular weight excluding hydrogens is 258 g/mol. The number of Topliss-reactive ketones (excluding diaryl/α,β-unsaturated/α-hetero) is 1. The summed E-state index contributed by atoms with van der Waals surface area (Å²) in [6.45, 7) is 7.02. The number of benzene rings is 2. The number of rotatable bonds is 5. The fraction of sp³-hybridized carbons (Fsp3) is 0.316. The molecule has 2 heteroatoms. The Kier molecular flexibility index (Phi) is 4.92. The summed E-state index contributed by atoms with van der Waals surface area (Å²) in [6, 6.07) is 18.1. The van der Waals surface area contributed by atoms with E-state index in [9.17, 15) is 4.79 Å². The van der Waals surface area contributed by atoms with Gasteiger partial charge in [0.25, 0.3) is 0 Å². The standard InChI is InChI=1S/C19H23NO/c1-19(2,3)20-14-13-18(21)17-11-9-16(10-12-17)15-7-5-4-6-8-15/h4-12,20H,13-14H2,1-3H3. The molecule has 0 fully saturated rings. The molecule has 0 aliphatic heterocycles. The van der Waals surface area contributed by atoms with E-state index in [0.29, 0.717) is 13.0 Å². The summed E-state index contributed by atoms with van der Waals surface area (Å²) >= 11 is 0. The Hall–Kier alpha value is -1.93. The van der Waals surface area contributed by atoms with Gasteiger partial charge in [0.1, 0.15) is 0 Å². The van der Waals surface area contributed by atoms with Crippen LogP contribution in [0.2, 0.25) is 0 Å². The Balaban J connectivity index is 1.97. The zero-order chi connectivity index (χ0) is 15.3. The van der Waals surface area contributed by atoms with Crippen molar-refractivity contribution in [1.82, 2.24) is 5.32 Å². The van der Waals surface area contributed by atoms with Gasteiger partial charge < -0.3 is 5.32 Å². The van der Waals surface area contributed by atoms with Gasteiger partial charge in [0.05, 0.1) is 0 Å². The molecule has 0 aromatic heterocycles. The average molecular weight is 281 g/mol. The van der Waals surface area contributed by atoms with Gasteiger partial charge in [0.2, 0.25) is 0 Å². The largest absolute Gasteiger partial charge is 0.312 e. The molecule has 0 spiro atoms. The van der Waals surface area contributed by atoms with Crippen molar-refractivity contribution < 1.29 is 4.79 Å². The molecule has 0 saturated carbocycles. The van der Waals surface area contributed by atoms with Crippen molar-refractivity contribution in [3.63, 3.8) is 0 Å². The maximum Gasteiger partial charge on any atom is 0.164 e. The molecule has 0 unspecified atom stereocenters. The van der Waals surface area contributed by atoms with E-state index < -0.39 is 0 Å². The van der Waals surface area contributed by atoms with Crippen LogP contribution in [0, 0.1) is 0 Å². The Bertz CT molecular complexity index is 579. The lowest BCUT2D eigenvalue weighted by Crippen LogP contribution is -2.37. The number of carbonyl (C=O) groups is 1. The van der Waals surface area contributed by atoms with Crippen LogP contribution in [0.4, 0.5) is 0 Å². The second-order valence-corrected chi connectivity index (χ2v) is 6.29. The monoisotopic (exact) mass is 281 g/mol. The van der Waals surface area contributed by atoms with E-state index in [4.69, 9.17) is 0 Å². The third kappa shape index (κ3) is 4.83. The molecule has 0 saturated heterocycles. The molecule has 1 N–H and O–H groups in total. The maximum atomic E-state index is 12.1. The van der Waals surface area contributed by atoms with Crippen molar-refractivity contribution in [1.29, 1.82) is 0 Å². The minimum Gasteiger partial charge on any atom is -0.312 e. The Labute approximate surface area is 127 Å². The number of ketones is 1. The van der Waals surface area contributed by atoms with Crippen LogP contribution in [0.3, 0.4) is 0 Å². The van der Waals surface area contributed by atoms with Crippen LogP contribution >= 0.6 is 0 Å². The highest BCUT2D eigenvalue weighted by Gasteiger charge is 2.11. The number of hydrogen-bond acceptors (Lipinski definition) is 2. The summed E-state index contributed by atoms with van der Waals surface area (Å²) < 4.78 is 0. The summed E-state index contributed by atoms with van der Waals surface area (Å²) in [5, 5.41) is 3.34. The molecule has 2 aromatic carbocycles. The Morgan fingerprint density at radius 1 is 0.905 bits per heavy atom. The van der Waals surface area contributed by atoms with Gasteiger partial charge in [0, 0.05) is 24.1 Å². The summed E-state index contributed by atoms with van der Waals surface area (Å²) in [7, 11) is 0. The van der Waals surface area contributed by atoms with E-state index in [2.05, 4.69) is 38.2 Å². The normalized spacial score (nSPS) is 11.4. The van der Waals surface area contributed by atoms with Crippen LogP contribution in [0.5, 0.6) is 0 Å². The van der Waals surface area contributed by atoms with Gasteiger partial charge in [-0.3, -0.25) is 4.79 Å². The molecule has 0 amide bonds. The van der Waals surface area contributed by atoms with Crippen molar-refractivity contribution in [2.45, 2.75) is 32.7 Å². The highest BCUT2D eigenvalue weighted by atomic mass is 16.1. The molecular formula is C19H23NO.